The van der Waals surface area contributed by atoms with Crippen molar-refractivity contribution in [2.75, 3.05) is 38.9 Å². The Balaban J connectivity index is 3.01. The van der Waals surface area contributed by atoms with Crippen LogP contribution in [-0.4, -0.2) is 50.1 Å². The van der Waals surface area contributed by atoms with Gasteiger partial charge in [-0.1, -0.05) is 0 Å². The zero-order valence-electron chi connectivity index (χ0n) is 11.6. The van der Waals surface area contributed by atoms with Crippen LogP contribution in [-0.2, 0) is 16.1 Å². The first-order valence-electron chi connectivity index (χ1n) is 6.13. The van der Waals surface area contributed by atoms with Gasteiger partial charge in [-0.3, -0.25) is 0 Å². The molecule has 1 unspecified atom stereocenters. The molecular weight excluding hydrogens is 251 g/mol. The van der Waals surface area contributed by atoms with Crippen molar-refractivity contribution in [3.63, 3.8) is 0 Å². The number of methoxy groups -OCH3 is 2. The average molecular weight is 272 g/mol. The predicted octanol–water partition coefficient (Wildman–Crippen LogP) is 1.20. The smallest absolute Gasteiger partial charge is 0.142 e. The van der Waals surface area contributed by atoms with Crippen LogP contribution in [0.5, 0.6) is 0 Å². The van der Waals surface area contributed by atoms with Gasteiger partial charge in [0.05, 0.1) is 32.1 Å². The van der Waals surface area contributed by atoms with Crippen LogP contribution in [0.1, 0.15) is 12.5 Å². The molecule has 0 saturated heterocycles. The van der Waals surface area contributed by atoms with Gasteiger partial charge in [-0.05, 0) is 13.0 Å². The van der Waals surface area contributed by atoms with E-state index >= 15 is 0 Å². The minimum Gasteiger partial charge on any atom is -0.392 e. The molecule has 0 aliphatic carbocycles. The minimum absolute atomic E-state index is 0.0448. The number of anilines is 1. The molecule has 0 aromatic carbocycles. The third kappa shape index (κ3) is 4.41. The number of rotatable bonds is 8. The van der Waals surface area contributed by atoms with Crippen molar-refractivity contribution in [1.29, 1.82) is 0 Å². The third-order valence-electron chi connectivity index (χ3n) is 2.83. The van der Waals surface area contributed by atoms with E-state index in [1.165, 1.54) is 6.07 Å². The molecular formula is C13H21FN2O3. The van der Waals surface area contributed by atoms with Gasteiger partial charge in [0.2, 0.25) is 0 Å². The normalized spacial score (nSPS) is 12.5. The highest BCUT2D eigenvalue weighted by atomic mass is 19.1. The SMILES string of the molecule is COCCN(c1ncc(F)cc1CO)C(C)COC. The van der Waals surface area contributed by atoms with E-state index in [1.807, 2.05) is 11.8 Å². The Kier molecular flexibility index (Phi) is 6.69. The van der Waals surface area contributed by atoms with Crippen molar-refractivity contribution in [2.45, 2.75) is 19.6 Å². The zero-order valence-corrected chi connectivity index (χ0v) is 11.6. The van der Waals surface area contributed by atoms with Gasteiger partial charge < -0.3 is 19.5 Å². The number of aromatic nitrogens is 1. The topological polar surface area (TPSA) is 54.8 Å². The highest BCUT2D eigenvalue weighted by molar-refractivity contribution is 5.47. The number of hydrogen-bond acceptors (Lipinski definition) is 5. The maximum Gasteiger partial charge on any atom is 0.142 e. The second-order valence-electron chi connectivity index (χ2n) is 4.28. The van der Waals surface area contributed by atoms with Crippen LogP contribution in [0, 0.1) is 5.82 Å². The molecule has 108 valence electrons. The van der Waals surface area contributed by atoms with E-state index in [4.69, 9.17) is 9.47 Å². The second-order valence-corrected chi connectivity index (χ2v) is 4.28. The fourth-order valence-electron chi connectivity index (χ4n) is 1.90. The van der Waals surface area contributed by atoms with Gasteiger partial charge in [-0.15, -0.1) is 0 Å². The summed E-state index contributed by atoms with van der Waals surface area (Å²) in [6.45, 7) is 3.33. The van der Waals surface area contributed by atoms with Gasteiger partial charge in [0.1, 0.15) is 11.6 Å². The summed E-state index contributed by atoms with van der Waals surface area (Å²) >= 11 is 0. The highest BCUT2D eigenvalue weighted by Crippen LogP contribution is 2.21. The Hall–Kier alpha value is -1.24. The van der Waals surface area contributed by atoms with Crippen LogP contribution in [0.3, 0.4) is 0 Å². The molecule has 1 aromatic heterocycles. The van der Waals surface area contributed by atoms with E-state index in [1.54, 1.807) is 14.2 Å². The summed E-state index contributed by atoms with van der Waals surface area (Å²) < 4.78 is 23.4. The molecule has 0 aliphatic heterocycles. The van der Waals surface area contributed by atoms with E-state index in [0.717, 1.165) is 6.20 Å². The Morgan fingerprint density at radius 3 is 2.74 bits per heavy atom. The van der Waals surface area contributed by atoms with Crippen LogP contribution in [0.25, 0.3) is 0 Å². The summed E-state index contributed by atoms with van der Waals surface area (Å²) in [4.78, 5) is 6.03. The lowest BCUT2D eigenvalue weighted by Gasteiger charge is -2.31. The molecule has 19 heavy (non-hydrogen) atoms. The van der Waals surface area contributed by atoms with E-state index in [-0.39, 0.29) is 12.6 Å². The first-order valence-corrected chi connectivity index (χ1v) is 6.13. The van der Waals surface area contributed by atoms with Gasteiger partial charge in [-0.25, -0.2) is 9.37 Å². The summed E-state index contributed by atoms with van der Waals surface area (Å²) in [5, 5.41) is 9.33. The highest BCUT2D eigenvalue weighted by Gasteiger charge is 2.19. The average Bonchev–Trinajstić information content (AvgIpc) is 2.40. The zero-order chi connectivity index (χ0) is 14.3. The molecule has 5 nitrogen and oxygen atoms in total. The number of aliphatic hydroxyl groups is 1. The molecule has 0 amide bonds. The maximum atomic E-state index is 13.2. The summed E-state index contributed by atoms with van der Waals surface area (Å²) in [7, 11) is 3.24. The molecule has 0 saturated carbocycles. The lowest BCUT2D eigenvalue weighted by molar-refractivity contribution is 0.170. The van der Waals surface area contributed by atoms with Gasteiger partial charge in [0.15, 0.2) is 0 Å². The fourth-order valence-corrected chi connectivity index (χ4v) is 1.90. The standard InChI is InChI=1S/C13H21FN2O3/c1-10(9-19-3)16(4-5-18-2)13-11(8-17)6-12(14)7-15-13/h6-7,10,17H,4-5,8-9H2,1-3H3. The molecule has 6 heteroatoms. The first-order chi connectivity index (χ1) is 9.13. The van der Waals surface area contributed by atoms with Crippen LogP contribution < -0.4 is 4.90 Å². The van der Waals surface area contributed by atoms with Gasteiger partial charge in [0.25, 0.3) is 0 Å². The van der Waals surface area contributed by atoms with Crippen molar-refractivity contribution < 1.29 is 19.0 Å². The first kappa shape index (κ1) is 15.8. The van der Waals surface area contributed by atoms with Crippen molar-refractivity contribution in [2.24, 2.45) is 0 Å². The lowest BCUT2D eigenvalue weighted by atomic mass is 10.2. The fraction of sp³-hybridized carbons (Fsp3) is 0.615. The van der Waals surface area contributed by atoms with E-state index < -0.39 is 5.82 Å². The minimum atomic E-state index is -0.459. The maximum absolute atomic E-state index is 13.2. The number of pyridine rings is 1. The number of nitrogens with zero attached hydrogens (tertiary/aromatic N) is 2. The quantitative estimate of drug-likeness (QED) is 0.770. The molecule has 0 bridgehead atoms. The van der Waals surface area contributed by atoms with Gasteiger partial charge in [0, 0.05) is 26.3 Å². The van der Waals surface area contributed by atoms with Crippen molar-refractivity contribution in [1.82, 2.24) is 4.98 Å². The van der Waals surface area contributed by atoms with Crippen molar-refractivity contribution in [3.8, 4) is 0 Å². The summed E-state index contributed by atoms with van der Waals surface area (Å²) in [6.07, 6.45) is 1.15. The molecule has 0 spiro atoms. The molecule has 0 radical (unpaired) electrons. The molecule has 1 N–H and O–H groups in total. The van der Waals surface area contributed by atoms with E-state index in [2.05, 4.69) is 4.98 Å². The summed E-state index contributed by atoms with van der Waals surface area (Å²) in [6, 6.07) is 1.34. The van der Waals surface area contributed by atoms with E-state index in [0.29, 0.717) is 31.1 Å². The van der Waals surface area contributed by atoms with E-state index in [9.17, 15) is 9.50 Å². The second kappa shape index (κ2) is 8.04. The van der Waals surface area contributed by atoms with Gasteiger partial charge >= 0.3 is 0 Å². The number of ether oxygens (including phenoxy) is 2. The molecule has 1 rings (SSSR count). The third-order valence-corrected chi connectivity index (χ3v) is 2.83. The number of hydrogen-bond donors (Lipinski definition) is 1. The number of halogens is 1. The summed E-state index contributed by atoms with van der Waals surface area (Å²) in [5.74, 6) is 0.101. The van der Waals surface area contributed by atoms with Crippen LogP contribution >= 0.6 is 0 Å². The predicted molar refractivity (Wildman–Crippen MR) is 70.7 cm³/mol. The Bertz CT molecular complexity index is 390. The molecule has 1 heterocycles. The molecule has 1 atom stereocenters. The van der Waals surface area contributed by atoms with Crippen LogP contribution in [0.2, 0.25) is 0 Å². The van der Waals surface area contributed by atoms with Crippen molar-refractivity contribution >= 4 is 5.82 Å². The molecule has 0 aliphatic rings. The van der Waals surface area contributed by atoms with Gasteiger partial charge in [-0.2, -0.15) is 0 Å². The Morgan fingerprint density at radius 1 is 1.42 bits per heavy atom. The van der Waals surface area contributed by atoms with Crippen LogP contribution in [0.15, 0.2) is 12.3 Å². The largest absolute Gasteiger partial charge is 0.392 e. The van der Waals surface area contributed by atoms with Crippen molar-refractivity contribution in [3.05, 3.63) is 23.6 Å². The monoisotopic (exact) mass is 272 g/mol. The Labute approximate surface area is 113 Å². The molecule has 0 fully saturated rings. The van der Waals surface area contributed by atoms with Crippen LogP contribution in [0.4, 0.5) is 10.2 Å². The Morgan fingerprint density at radius 2 is 2.16 bits per heavy atom. The number of aliphatic hydroxyl groups excluding tert-OH is 1. The summed E-state index contributed by atoms with van der Waals surface area (Å²) in [5.41, 5.74) is 0.457. The molecule has 1 aromatic rings. The lowest BCUT2D eigenvalue weighted by Crippen LogP contribution is -2.39.